The van der Waals surface area contributed by atoms with E-state index in [4.69, 9.17) is 5.26 Å². The lowest BCUT2D eigenvalue weighted by molar-refractivity contribution is 0.102. The normalized spacial score (nSPS) is 9.83. The van der Waals surface area contributed by atoms with Crippen LogP contribution in [0, 0.1) is 17.1 Å². The number of nitriles is 1. The summed E-state index contributed by atoms with van der Waals surface area (Å²) in [5.74, 6) is -0.844. The molecule has 0 spiro atoms. The Morgan fingerprint density at radius 2 is 2.33 bits per heavy atom. The molecule has 0 saturated carbocycles. The molecule has 1 heterocycles. The summed E-state index contributed by atoms with van der Waals surface area (Å²) in [6.07, 6.45) is 1.49. The molecule has 1 amide bonds. The lowest BCUT2D eigenvalue weighted by atomic mass is 10.2. The second kappa shape index (κ2) is 4.67. The molecule has 1 aromatic carbocycles. The Morgan fingerprint density at radius 3 is 3.00 bits per heavy atom. The number of rotatable bonds is 2. The van der Waals surface area contributed by atoms with Gasteiger partial charge in [0, 0.05) is 18.8 Å². The van der Waals surface area contributed by atoms with Crippen molar-refractivity contribution < 1.29 is 9.18 Å². The summed E-state index contributed by atoms with van der Waals surface area (Å²) in [5.41, 5.74) is 0.423. The second-order valence-corrected chi connectivity index (χ2v) is 3.64. The van der Waals surface area contributed by atoms with Gasteiger partial charge in [-0.3, -0.25) is 9.48 Å². The minimum Gasteiger partial charge on any atom is -0.304 e. The van der Waals surface area contributed by atoms with Gasteiger partial charge in [0.1, 0.15) is 17.4 Å². The van der Waals surface area contributed by atoms with Crippen LogP contribution in [0.2, 0.25) is 0 Å². The van der Waals surface area contributed by atoms with Crippen LogP contribution in [0.25, 0.3) is 0 Å². The van der Waals surface area contributed by atoms with Crippen molar-refractivity contribution >= 4 is 11.7 Å². The van der Waals surface area contributed by atoms with Crippen molar-refractivity contribution in [3.63, 3.8) is 0 Å². The number of hydrogen-bond acceptors (Lipinski definition) is 3. The third-order valence-electron chi connectivity index (χ3n) is 2.27. The first-order valence-corrected chi connectivity index (χ1v) is 5.11. The molecule has 0 radical (unpaired) electrons. The third kappa shape index (κ3) is 2.35. The van der Waals surface area contributed by atoms with Gasteiger partial charge < -0.3 is 5.32 Å². The Bertz CT molecular complexity index is 642. The summed E-state index contributed by atoms with van der Waals surface area (Å²) in [5, 5.41) is 15.2. The highest BCUT2D eigenvalue weighted by molar-refractivity contribution is 6.04. The number of nitrogens with zero attached hydrogens (tertiary/aromatic N) is 3. The van der Waals surface area contributed by atoms with Gasteiger partial charge in [-0.2, -0.15) is 10.4 Å². The van der Waals surface area contributed by atoms with Crippen molar-refractivity contribution in [1.29, 1.82) is 5.26 Å². The molecule has 5 nitrogen and oxygen atoms in total. The molecule has 18 heavy (non-hydrogen) atoms. The predicted octanol–water partition coefficient (Wildman–Crippen LogP) is 1.68. The van der Waals surface area contributed by atoms with Gasteiger partial charge in [0.15, 0.2) is 5.82 Å². The lowest BCUT2D eigenvalue weighted by Crippen LogP contribution is -2.13. The smallest absolute Gasteiger partial charge is 0.257 e. The van der Waals surface area contributed by atoms with Gasteiger partial charge in [-0.1, -0.05) is 6.07 Å². The van der Waals surface area contributed by atoms with Gasteiger partial charge in [0.2, 0.25) is 0 Å². The minimum absolute atomic E-state index is 0.161. The first-order chi connectivity index (χ1) is 8.60. The quantitative estimate of drug-likeness (QED) is 0.873. The summed E-state index contributed by atoms with van der Waals surface area (Å²) in [6, 6.07) is 7.19. The molecule has 2 aromatic rings. The summed E-state index contributed by atoms with van der Waals surface area (Å²) in [6.45, 7) is 0. The van der Waals surface area contributed by atoms with E-state index >= 15 is 0 Å². The van der Waals surface area contributed by atoms with Crippen LogP contribution in [0.3, 0.4) is 0 Å². The van der Waals surface area contributed by atoms with Crippen molar-refractivity contribution in [1.82, 2.24) is 9.78 Å². The monoisotopic (exact) mass is 244 g/mol. The van der Waals surface area contributed by atoms with Crippen LogP contribution in [0.15, 0.2) is 30.5 Å². The van der Waals surface area contributed by atoms with E-state index in [1.54, 1.807) is 7.05 Å². The molecule has 0 aliphatic carbocycles. The number of anilines is 1. The average Bonchev–Trinajstić information content (AvgIpc) is 2.69. The van der Waals surface area contributed by atoms with Crippen molar-refractivity contribution in [3.8, 4) is 6.07 Å². The van der Waals surface area contributed by atoms with Crippen LogP contribution in [-0.2, 0) is 7.05 Å². The van der Waals surface area contributed by atoms with Crippen LogP contribution in [0.4, 0.5) is 10.2 Å². The SMILES string of the molecule is Cn1cc(C#N)c(NC(=O)c2cccc(F)c2)n1. The fourth-order valence-corrected chi connectivity index (χ4v) is 1.47. The van der Waals surface area contributed by atoms with Crippen LogP contribution in [-0.4, -0.2) is 15.7 Å². The highest BCUT2D eigenvalue weighted by atomic mass is 19.1. The summed E-state index contributed by atoms with van der Waals surface area (Å²) in [4.78, 5) is 11.8. The number of amides is 1. The molecule has 2 rings (SSSR count). The number of nitrogens with one attached hydrogen (secondary N) is 1. The van der Waals surface area contributed by atoms with Gasteiger partial charge in [-0.25, -0.2) is 4.39 Å². The van der Waals surface area contributed by atoms with Crippen LogP contribution in [0.1, 0.15) is 15.9 Å². The Morgan fingerprint density at radius 1 is 1.56 bits per heavy atom. The van der Waals surface area contributed by atoms with Crippen molar-refractivity contribution in [2.24, 2.45) is 7.05 Å². The van der Waals surface area contributed by atoms with Crippen molar-refractivity contribution in [2.75, 3.05) is 5.32 Å². The van der Waals surface area contributed by atoms with Gasteiger partial charge in [0.25, 0.3) is 5.91 Å². The van der Waals surface area contributed by atoms with Crippen molar-refractivity contribution in [2.45, 2.75) is 0 Å². The predicted molar refractivity (Wildman–Crippen MR) is 62.3 cm³/mol. The maximum Gasteiger partial charge on any atom is 0.257 e. The summed E-state index contributed by atoms with van der Waals surface area (Å²) >= 11 is 0. The van der Waals surface area contributed by atoms with E-state index in [0.29, 0.717) is 0 Å². The Labute approximate surface area is 102 Å². The van der Waals surface area contributed by atoms with Crippen LogP contribution in [0.5, 0.6) is 0 Å². The zero-order valence-electron chi connectivity index (χ0n) is 9.51. The second-order valence-electron chi connectivity index (χ2n) is 3.64. The summed E-state index contributed by atoms with van der Waals surface area (Å²) in [7, 11) is 1.64. The van der Waals surface area contributed by atoms with Gasteiger partial charge in [-0.05, 0) is 18.2 Å². The maximum absolute atomic E-state index is 13.0. The van der Waals surface area contributed by atoms with Crippen molar-refractivity contribution in [3.05, 3.63) is 47.4 Å². The largest absolute Gasteiger partial charge is 0.304 e. The van der Waals surface area contributed by atoms with E-state index in [2.05, 4.69) is 10.4 Å². The van der Waals surface area contributed by atoms with E-state index in [9.17, 15) is 9.18 Å². The van der Waals surface area contributed by atoms with Gasteiger partial charge in [-0.15, -0.1) is 0 Å². The van der Waals surface area contributed by atoms with Crippen LogP contribution < -0.4 is 5.32 Å². The molecule has 6 heteroatoms. The molecule has 0 atom stereocenters. The fourth-order valence-electron chi connectivity index (χ4n) is 1.47. The number of aromatic nitrogens is 2. The van der Waals surface area contributed by atoms with E-state index in [1.165, 1.54) is 29.1 Å². The zero-order chi connectivity index (χ0) is 13.1. The molecular weight excluding hydrogens is 235 g/mol. The number of carbonyl (C=O) groups is 1. The third-order valence-corrected chi connectivity index (χ3v) is 2.27. The standard InChI is InChI=1S/C12H9FN4O/c1-17-7-9(6-14)11(16-17)15-12(18)8-3-2-4-10(13)5-8/h2-5,7H,1H3,(H,15,16,18). The fraction of sp³-hybridized carbons (Fsp3) is 0.0833. The number of hydrogen-bond donors (Lipinski definition) is 1. The first-order valence-electron chi connectivity index (χ1n) is 5.11. The first kappa shape index (κ1) is 11.8. The number of benzene rings is 1. The highest BCUT2D eigenvalue weighted by Gasteiger charge is 2.12. The number of carbonyl (C=O) groups excluding carboxylic acids is 1. The molecule has 0 fully saturated rings. The Hall–Kier alpha value is -2.68. The number of aryl methyl sites for hydroxylation is 1. The topological polar surface area (TPSA) is 70.7 Å². The van der Waals surface area contributed by atoms with E-state index in [1.807, 2.05) is 6.07 Å². The number of halogens is 1. The van der Waals surface area contributed by atoms with E-state index in [0.717, 1.165) is 6.07 Å². The average molecular weight is 244 g/mol. The van der Waals surface area contributed by atoms with E-state index in [-0.39, 0.29) is 16.9 Å². The maximum atomic E-state index is 13.0. The Balaban J connectivity index is 2.24. The molecule has 1 aromatic heterocycles. The van der Waals surface area contributed by atoms with Gasteiger partial charge in [0.05, 0.1) is 0 Å². The zero-order valence-corrected chi connectivity index (χ0v) is 9.51. The minimum atomic E-state index is -0.510. The van der Waals surface area contributed by atoms with Gasteiger partial charge >= 0.3 is 0 Å². The molecular formula is C12H9FN4O. The molecule has 90 valence electrons. The molecule has 0 saturated heterocycles. The van der Waals surface area contributed by atoms with Crippen LogP contribution >= 0.6 is 0 Å². The lowest BCUT2D eigenvalue weighted by Gasteiger charge is -2.02. The molecule has 0 unspecified atom stereocenters. The summed E-state index contributed by atoms with van der Waals surface area (Å²) < 4.78 is 14.4. The molecule has 0 aliphatic rings. The highest BCUT2D eigenvalue weighted by Crippen LogP contribution is 2.13. The molecule has 0 aliphatic heterocycles. The van der Waals surface area contributed by atoms with E-state index < -0.39 is 11.7 Å². The molecule has 0 bridgehead atoms. The molecule has 1 N–H and O–H groups in total. The Kier molecular flexibility index (Phi) is 3.06.